The van der Waals surface area contributed by atoms with Crippen molar-refractivity contribution in [1.29, 1.82) is 0 Å². The number of anilines is 1. The van der Waals surface area contributed by atoms with E-state index in [1.165, 1.54) is 11.8 Å². The van der Waals surface area contributed by atoms with Crippen molar-refractivity contribution in [2.75, 3.05) is 23.8 Å². The average Bonchev–Trinajstić information content (AvgIpc) is 2.76. The number of thioether (sulfide) groups is 1. The van der Waals surface area contributed by atoms with E-state index in [2.05, 4.69) is 13.8 Å². The second-order valence-electron chi connectivity index (χ2n) is 8.20. The summed E-state index contributed by atoms with van der Waals surface area (Å²) >= 11 is 1.33. The van der Waals surface area contributed by atoms with Crippen molar-refractivity contribution < 1.29 is 9.53 Å². The van der Waals surface area contributed by atoms with Gasteiger partial charge in [0, 0.05) is 6.54 Å². The minimum atomic E-state index is -0.0476. The van der Waals surface area contributed by atoms with Crippen LogP contribution < -0.4 is 15.2 Å². The molecule has 162 valence electrons. The van der Waals surface area contributed by atoms with Crippen LogP contribution in [0.3, 0.4) is 0 Å². The van der Waals surface area contributed by atoms with Crippen LogP contribution in [0.25, 0.3) is 10.9 Å². The maximum atomic E-state index is 13.1. The molecule has 0 atom stereocenters. The van der Waals surface area contributed by atoms with E-state index in [0.717, 1.165) is 23.4 Å². The minimum Gasteiger partial charge on any atom is -0.490 e. The van der Waals surface area contributed by atoms with Gasteiger partial charge in [-0.15, -0.1) is 0 Å². The third-order valence-corrected chi connectivity index (χ3v) is 6.32. The highest BCUT2D eigenvalue weighted by Gasteiger charge is 2.24. The Morgan fingerprint density at radius 3 is 2.84 bits per heavy atom. The number of para-hydroxylation sites is 1. The lowest BCUT2D eigenvalue weighted by Gasteiger charge is -2.29. The van der Waals surface area contributed by atoms with Gasteiger partial charge in [-0.1, -0.05) is 43.8 Å². The Balaban J connectivity index is 1.60. The molecule has 1 amide bonds. The number of amides is 1. The zero-order valence-electron chi connectivity index (χ0n) is 18.1. The van der Waals surface area contributed by atoms with E-state index in [-0.39, 0.29) is 17.2 Å². The molecule has 2 aromatic carbocycles. The van der Waals surface area contributed by atoms with Crippen molar-refractivity contribution in [2.24, 2.45) is 5.92 Å². The highest BCUT2D eigenvalue weighted by molar-refractivity contribution is 7.99. The van der Waals surface area contributed by atoms with Gasteiger partial charge in [0.25, 0.3) is 5.56 Å². The molecule has 2 heterocycles. The van der Waals surface area contributed by atoms with E-state index in [9.17, 15) is 9.59 Å². The van der Waals surface area contributed by atoms with Gasteiger partial charge in [-0.3, -0.25) is 14.2 Å². The van der Waals surface area contributed by atoms with E-state index < -0.39 is 0 Å². The number of hydrogen-bond donors (Lipinski definition) is 0. The molecule has 7 heteroatoms. The van der Waals surface area contributed by atoms with Crippen LogP contribution in [-0.2, 0) is 11.3 Å². The molecule has 3 aromatic rings. The summed E-state index contributed by atoms with van der Waals surface area (Å²) in [5.41, 5.74) is 2.50. The molecule has 1 aliphatic rings. The molecule has 0 fully saturated rings. The molecule has 0 saturated carbocycles. The van der Waals surface area contributed by atoms with E-state index >= 15 is 0 Å². The zero-order valence-corrected chi connectivity index (χ0v) is 18.9. The molecular formula is C24H27N3O3S. The number of aromatic nitrogens is 2. The number of aryl methyl sites for hydroxylation is 1. The molecule has 6 nitrogen and oxygen atoms in total. The molecule has 1 aliphatic heterocycles. The molecule has 31 heavy (non-hydrogen) atoms. The third-order valence-electron chi connectivity index (χ3n) is 5.36. The van der Waals surface area contributed by atoms with E-state index in [1.807, 2.05) is 49.4 Å². The summed E-state index contributed by atoms with van der Waals surface area (Å²) in [7, 11) is 0. The number of hydrogen-bond acceptors (Lipinski definition) is 5. The SMILES string of the molecule is Cc1ccc2c(c1)N(C(=O)CSc1nc3ccccc3c(=O)n1CCC(C)C)CCO2. The van der Waals surface area contributed by atoms with Gasteiger partial charge in [0.2, 0.25) is 5.91 Å². The maximum Gasteiger partial charge on any atom is 0.262 e. The van der Waals surface area contributed by atoms with Gasteiger partial charge in [-0.05, 0) is 49.1 Å². The summed E-state index contributed by atoms with van der Waals surface area (Å²) in [4.78, 5) is 32.7. The van der Waals surface area contributed by atoms with Gasteiger partial charge in [-0.2, -0.15) is 0 Å². The van der Waals surface area contributed by atoms with Crippen molar-refractivity contribution in [3.8, 4) is 5.75 Å². The highest BCUT2D eigenvalue weighted by atomic mass is 32.2. The van der Waals surface area contributed by atoms with Gasteiger partial charge in [-0.25, -0.2) is 4.98 Å². The summed E-state index contributed by atoms with van der Waals surface area (Å²) in [6.45, 7) is 7.84. The smallest absolute Gasteiger partial charge is 0.262 e. The fourth-order valence-corrected chi connectivity index (χ4v) is 4.53. The monoisotopic (exact) mass is 437 g/mol. The predicted molar refractivity (Wildman–Crippen MR) is 125 cm³/mol. The first-order chi connectivity index (χ1) is 14.9. The van der Waals surface area contributed by atoms with Crippen molar-refractivity contribution >= 4 is 34.3 Å². The van der Waals surface area contributed by atoms with Crippen molar-refractivity contribution in [3.63, 3.8) is 0 Å². The molecule has 0 radical (unpaired) electrons. The van der Waals surface area contributed by atoms with Crippen LogP contribution in [0.1, 0.15) is 25.8 Å². The summed E-state index contributed by atoms with van der Waals surface area (Å²) in [5.74, 6) is 1.39. The number of benzene rings is 2. The number of nitrogens with zero attached hydrogens (tertiary/aromatic N) is 3. The minimum absolute atomic E-state index is 0.0158. The van der Waals surface area contributed by atoms with Gasteiger partial charge >= 0.3 is 0 Å². The fraction of sp³-hybridized carbons (Fsp3) is 0.375. The summed E-state index contributed by atoms with van der Waals surface area (Å²) in [5, 5.41) is 1.20. The quantitative estimate of drug-likeness (QED) is 0.426. The number of rotatable bonds is 6. The Labute approximate surface area is 186 Å². The lowest BCUT2D eigenvalue weighted by molar-refractivity contribution is -0.116. The van der Waals surface area contributed by atoms with Crippen molar-refractivity contribution in [1.82, 2.24) is 9.55 Å². The Morgan fingerprint density at radius 2 is 2.03 bits per heavy atom. The number of carbonyl (C=O) groups excluding carboxylic acids is 1. The molecule has 0 aliphatic carbocycles. The number of carbonyl (C=O) groups is 1. The lowest BCUT2D eigenvalue weighted by Crippen LogP contribution is -2.39. The van der Waals surface area contributed by atoms with Crippen LogP contribution in [-0.4, -0.2) is 34.4 Å². The van der Waals surface area contributed by atoms with Crippen LogP contribution in [0.5, 0.6) is 5.75 Å². The molecular weight excluding hydrogens is 410 g/mol. The molecule has 0 N–H and O–H groups in total. The van der Waals surface area contributed by atoms with Crippen molar-refractivity contribution in [3.05, 3.63) is 58.4 Å². The standard InChI is InChI=1S/C24H27N3O3S/c1-16(2)10-11-27-23(29)18-6-4-5-7-19(18)25-24(27)31-15-22(28)26-12-13-30-21-9-8-17(3)14-20(21)26/h4-9,14,16H,10-13,15H2,1-3H3. The van der Waals surface area contributed by atoms with Crippen LogP contribution in [0.15, 0.2) is 52.4 Å². The molecule has 0 bridgehead atoms. The number of fused-ring (bicyclic) bond motifs is 2. The largest absolute Gasteiger partial charge is 0.490 e. The van der Waals surface area contributed by atoms with Crippen LogP contribution in [0, 0.1) is 12.8 Å². The molecule has 0 saturated heterocycles. The second kappa shape index (κ2) is 9.14. The van der Waals surface area contributed by atoms with Crippen LogP contribution in [0.2, 0.25) is 0 Å². The summed E-state index contributed by atoms with van der Waals surface area (Å²) in [6, 6.07) is 13.2. The molecule has 0 unspecified atom stereocenters. The summed E-state index contributed by atoms with van der Waals surface area (Å²) < 4.78 is 7.42. The normalized spacial score (nSPS) is 13.4. The van der Waals surface area contributed by atoms with Crippen LogP contribution in [0.4, 0.5) is 5.69 Å². The first kappa shape index (κ1) is 21.4. The molecule has 0 spiro atoms. The van der Waals surface area contributed by atoms with Gasteiger partial charge in [0.15, 0.2) is 5.16 Å². The third kappa shape index (κ3) is 4.61. The maximum absolute atomic E-state index is 13.1. The predicted octanol–water partition coefficient (Wildman–Crippen LogP) is 4.27. The Hall–Kier alpha value is -2.80. The first-order valence-corrected chi connectivity index (χ1v) is 11.6. The van der Waals surface area contributed by atoms with Crippen molar-refractivity contribution in [2.45, 2.75) is 38.9 Å². The highest BCUT2D eigenvalue weighted by Crippen LogP contribution is 2.33. The van der Waals surface area contributed by atoms with Gasteiger partial charge in [0.05, 0.1) is 28.9 Å². The second-order valence-corrected chi connectivity index (χ2v) is 9.15. The Bertz CT molecular complexity index is 1170. The first-order valence-electron chi connectivity index (χ1n) is 10.6. The average molecular weight is 438 g/mol. The number of ether oxygens (including phenoxy) is 1. The van der Waals surface area contributed by atoms with E-state index in [4.69, 9.17) is 9.72 Å². The zero-order chi connectivity index (χ0) is 22.0. The van der Waals surface area contributed by atoms with Gasteiger partial charge < -0.3 is 9.64 Å². The molecule has 1 aromatic heterocycles. The summed E-state index contributed by atoms with van der Waals surface area (Å²) in [6.07, 6.45) is 0.873. The van der Waals surface area contributed by atoms with Crippen LogP contribution >= 0.6 is 11.8 Å². The molecule has 4 rings (SSSR count). The lowest BCUT2D eigenvalue weighted by atomic mass is 10.1. The van der Waals surface area contributed by atoms with E-state index in [0.29, 0.717) is 41.7 Å². The topological polar surface area (TPSA) is 64.4 Å². The van der Waals surface area contributed by atoms with E-state index in [1.54, 1.807) is 9.47 Å². The van der Waals surface area contributed by atoms with Gasteiger partial charge in [0.1, 0.15) is 12.4 Å². The fourth-order valence-electron chi connectivity index (χ4n) is 3.63. The Morgan fingerprint density at radius 1 is 1.23 bits per heavy atom. The Kier molecular flexibility index (Phi) is 6.32.